The summed E-state index contributed by atoms with van der Waals surface area (Å²) in [7, 11) is 0. The smallest absolute Gasteiger partial charge is 0.550 e. The maximum Gasteiger partial charge on any atom is 1.00 e. The Morgan fingerprint density at radius 1 is 1.50 bits per heavy atom. The minimum absolute atomic E-state index is 0. The molecule has 0 fully saturated rings. The first kappa shape index (κ1) is 15.6. The molecule has 12 heavy (non-hydrogen) atoms. The van der Waals surface area contributed by atoms with Crippen molar-refractivity contribution in [3.8, 4) is 0 Å². The largest absolute Gasteiger partial charge is 1.00 e. The van der Waals surface area contributed by atoms with Crippen molar-refractivity contribution >= 4 is 17.6 Å². The average Bonchev–Trinajstić information content (AvgIpc) is 1.97. The first-order valence-corrected chi connectivity index (χ1v) is 4.09. The van der Waals surface area contributed by atoms with E-state index in [2.05, 4.69) is 0 Å². The summed E-state index contributed by atoms with van der Waals surface area (Å²) in [5.74, 6) is -1.05. The summed E-state index contributed by atoms with van der Waals surface area (Å²) in [4.78, 5) is 9.98. The van der Waals surface area contributed by atoms with Crippen molar-refractivity contribution < 1.29 is 61.3 Å². The first-order valence-electron chi connectivity index (χ1n) is 3.71. The fourth-order valence-corrected chi connectivity index (χ4v) is 0.828. The molecule has 0 aliphatic carbocycles. The van der Waals surface area contributed by atoms with Crippen LogP contribution in [-0.2, 0) is 4.79 Å². The van der Waals surface area contributed by atoms with Crippen LogP contribution in [0.2, 0.25) is 0 Å². The van der Waals surface area contributed by atoms with Gasteiger partial charge >= 0.3 is 51.4 Å². The van der Waals surface area contributed by atoms with Gasteiger partial charge in [0.25, 0.3) is 0 Å². The molecule has 64 valence electrons. The van der Waals surface area contributed by atoms with Crippen LogP contribution >= 0.6 is 11.6 Å². The number of halogens is 1. The Bertz CT molecular complexity index is 157. The molecule has 0 aromatic heterocycles. The first-order chi connectivity index (χ1) is 5.16. The molecule has 0 unspecified atom stereocenters. The predicted molar refractivity (Wildman–Crippen MR) is 43.1 cm³/mol. The quantitative estimate of drug-likeness (QED) is 0.520. The number of unbranched alkanes of at least 4 members (excludes halogenated alkanes) is 1. The van der Waals surface area contributed by atoms with E-state index in [9.17, 15) is 9.90 Å². The monoisotopic (exact) mass is 214 g/mol. The molecular weight excluding hydrogens is 203 g/mol. The normalized spacial score (nSPS) is 10.7. The second-order valence-corrected chi connectivity index (χ2v) is 2.80. The predicted octanol–water partition coefficient (Wildman–Crippen LogP) is -1.56. The van der Waals surface area contributed by atoms with Gasteiger partial charge in [-0.25, -0.2) is 0 Å². The maximum absolute atomic E-state index is 9.98. The summed E-state index contributed by atoms with van der Waals surface area (Å²) in [5.41, 5.74) is 0. The molecule has 0 aliphatic rings. The van der Waals surface area contributed by atoms with Crippen LogP contribution < -0.4 is 56.5 Å². The molecule has 0 N–H and O–H groups in total. The fourth-order valence-electron chi connectivity index (χ4n) is 0.624. The van der Waals surface area contributed by atoms with Crippen LogP contribution in [0, 0.1) is 0 Å². The van der Waals surface area contributed by atoms with E-state index >= 15 is 0 Å². The van der Waals surface area contributed by atoms with Crippen molar-refractivity contribution in [3.05, 3.63) is 11.1 Å². The summed E-state index contributed by atoms with van der Waals surface area (Å²) in [6.45, 7) is 2.04. The van der Waals surface area contributed by atoms with Gasteiger partial charge in [-0.2, -0.15) is 0 Å². The summed E-state index contributed by atoms with van der Waals surface area (Å²) in [6.07, 6.45) is 4.20. The van der Waals surface area contributed by atoms with Crippen molar-refractivity contribution in [1.29, 1.82) is 0 Å². The minimum atomic E-state index is -1.05. The molecule has 0 radical (unpaired) electrons. The Morgan fingerprint density at radius 3 is 2.50 bits per heavy atom. The van der Waals surface area contributed by atoms with Crippen molar-refractivity contribution in [2.24, 2.45) is 0 Å². The van der Waals surface area contributed by atoms with Crippen molar-refractivity contribution in [1.82, 2.24) is 0 Å². The van der Waals surface area contributed by atoms with Gasteiger partial charge in [-0.1, -0.05) is 31.0 Å². The third-order valence-corrected chi connectivity index (χ3v) is 1.57. The fraction of sp³-hybridized carbons (Fsp3) is 0.625. The minimum Gasteiger partial charge on any atom is -0.550 e. The SMILES string of the molecule is CCC/C=C(\Cl)CCC(=O)[O-].[K+]. The Balaban J connectivity index is 0. The van der Waals surface area contributed by atoms with Gasteiger partial charge in [-0.05, 0) is 19.3 Å². The van der Waals surface area contributed by atoms with Crippen molar-refractivity contribution in [2.45, 2.75) is 32.6 Å². The molecule has 2 nitrogen and oxygen atoms in total. The van der Waals surface area contributed by atoms with Gasteiger partial charge in [0.15, 0.2) is 0 Å². The molecule has 0 aliphatic heterocycles. The Morgan fingerprint density at radius 2 is 2.08 bits per heavy atom. The van der Waals surface area contributed by atoms with E-state index in [1.165, 1.54) is 0 Å². The Hall–Kier alpha value is 1.14. The number of hydrogen-bond acceptors (Lipinski definition) is 2. The van der Waals surface area contributed by atoms with Gasteiger partial charge in [0.05, 0.1) is 0 Å². The van der Waals surface area contributed by atoms with Gasteiger partial charge in [-0.15, -0.1) is 0 Å². The third-order valence-electron chi connectivity index (χ3n) is 1.22. The van der Waals surface area contributed by atoms with Gasteiger partial charge < -0.3 is 9.90 Å². The molecule has 0 amide bonds. The number of carbonyl (C=O) groups is 1. The van der Waals surface area contributed by atoms with Crippen LogP contribution in [-0.4, -0.2) is 5.97 Å². The van der Waals surface area contributed by atoms with Gasteiger partial charge in [0.1, 0.15) is 0 Å². The summed E-state index contributed by atoms with van der Waals surface area (Å²) >= 11 is 5.67. The van der Waals surface area contributed by atoms with Crippen LogP contribution in [0.5, 0.6) is 0 Å². The zero-order chi connectivity index (χ0) is 8.69. The Labute approximate surface area is 121 Å². The second kappa shape index (κ2) is 10.2. The van der Waals surface area contributed by atoms with Crippen molar-refractivity contribution in [3.63, 3.8) is 0 Å². The van der Waals surface area contributed by atoms with E-state index < -0.39 is 5.97 Å². The summed E-state index contributed by atoms with van der Waals surface area (Å²) < 4.78 is 0. The van der Waals surface area contributed by atoms with Crippen LogP contribution in [0.25, 0.3) is 0 Å². The Kier molecular flexibility index (Phi) is 13.3. The number of carboxylic acids is 1. The van der Waals surface area contributed by atoms with Gasteiger partial charge in [0, 0.05) is 11.0 Å². The van der Waals surface area contributed by atoms with Crippen LogP contribution in [0.15, 0.2) is 11.1 Å². The number of allylic oxidation sites excluding steroid dienone is 2. The molecule has 0 bridgehead atoms. The summed E-state index contributed by atoms with van der Waals surface area (Å²) in [6, 6.07) is 0. The molecule has 0 aromatic rings. The van der Waals surface area contributed by atoms with E-state index in [1.54, 1.807) is 0 Å². The number of carbonyl (C=O) groups excluding carboxylic acids is 1. The van der Waals surface area contributed by atoms with E-state index in [-0.39, 0.29) is 57.8 Å². The number of aliphatic carboxylic acids is 1. The zero-order valence-corrected chi connectivity index (χ0v) is 11.5. The molecule has 0 rings (SSSR count). The van der Waals surface area contributed by atoms with Crippen LogP contribution in [0.1, 0.15) is 32.6 Å². The maximum atomic E-state index is 9.98. The molecule has 0 saturated heterocycles. The average molecular weight is 215 g/mol. The molecular formula is C8H12ClKO2. The zero-order valence-electron chi connectivity index (χ0n) is 7.60. The molecule has 0 spiro atoms. The van der Waals surface area contributed by atoms with E-state index in [4.69, 9.17) is 11.6 Å². The summed E-state index contributed by atoms with van der Waals surface area (Å²) in [5, 5.41) is 10.6. The van der Waals surface area contributed by atoms with E-state index in [0.717, 1.165) is 12.8 Å². The van der Waals surface area contributed by atoms with Crippen LogP contribution in [0.3, 0.4) is 0 Å². The number of rotatable bonds is 5. The second-order valence-electron chi connectivity index (χ2n) is 2.31. The van der Waals surface area contributed by atoms with E-state index in [0.29, 0.717) is 11.5 Å². The van der Waals surface area contributed by atoms with Crippen LogP contribution in [0.4, 0.5) is 0 Å². The van der Waals surface area contributed by atoms with Gasteiger partial charge in [-0.3, -0.25) is 0 Å². The topological polar surface area (TPSA) is 40.1 Å². The number of carboxylic acid groups (broad SMARTS) is 1. The van der Waals surface area contributed by atoms with Crippen molar-refractivity contribution in [2.75, 3.05) is 0 Å². The standard InChI is InChI=1S/C8H13ClO2.K/c1-2-3-4-7(9)5-6-8(10)11;/h4H,2-3,5-6H2,1H3,(H,10,11);/q;+1/p-1/b7-4-;. The number of hydrogen-bond donors (Lipinski definition) is 0. The molecule has 0 aromatic carbocycles. The van der Waals surface area contributed by atoms with Gasteiger partial charge in [0.2, 0.25) is 0 Å². The molecule has 0 heterocycles. The molecule has 0 atom stereocenters. The molecule has 4 heteroatoms. The third kappa shape index (κ3) is 11.1. The molecule has 0 saturated carbocycles. The van der Waals surface area contributed by atoms with E-state index in [1.807, 2.05) is 13.0 Å².